The van der Waals surface area contributed by atoms with Crippen LogP contribution in [-0.2, 0) is 10.0 Å². The van der Waals surface area contributed by atoms with Gasteiger partial charge < -0.3 is 5.43 Å². The lowest BCUT2D eigenvalue weighted by atomic mass is 10.0. The molecule has 2 rings (SSSR count). The van der Waals surface area contributed by atoms with Gasteiger partial charge in [0.15, 0.2) is 0 Å². The van der Waals surface area contributed by atoms with Gasteiger partial charge in [0.2, 0.25) is 10.0 Å². The molecule has 0 spiro atoms. The van der Waals surface area contributed by atoms with E-state index in [1.54, 1.807) is 28.6 Å². The summed E-state index contributed by atoms with van der Waals surface area (Å²) >= 11 is 0. The summed E-state index contributed by atoms with van der Waals surface area (Å²) in [5.41, 5.74) is 2.87. The lowest BCUT2D eigenvalue weighted by Gasteiger charge is -2.30. The van der Waals surface area contributed by atoms with Crippen LogP contribution in [0.1, 0.15) is 26.7 Å². The summed E-state index contributed by atoms with van der Waals surface area (Å²) in [5, 5.41) is 0. The van der Waals surface area contributed by atoms with Crippen LogP contribution >= 0.6 is 0 Å². The second-order valence-electron chi connectivity index (χ2n) is 5.16. The maximum atomic E-state index is 12.5. The number of anilines is 1. The van der Waals surface area contributed by atoms with Gasteiger partial charge in [0.25, 0.3) is 0 Å². The van der Waals surface area contributed by atoms with Crippen LogP contribution in [0.15, 0.2) is 29.2 Å². The molecule has 0 saturated carbocycles. The van der Waals surface area contributed by atoms with Crippen molar-refractivity contribution in [2.75, 3.05) is 12.0 Å². The van der Waals surface area contributed by atoms with Crippen LogP contribution in [-0.4, -0.2) is 24.8 Å². The number of sulfonamides is 1. The maximum Gasteiger partial charge on any atom is 0.243 e. The van der Waals surface area contributed by atoms with Crippen LogP contribution in [0.25, 0.3) is 0 Å². The molecule has 0 unspecified atom stereocenters. The summed E-state index contributed by atoms with van der Waals surface area (Å²) in [6.45, 7) is 4.52. The molecule has 0 radical (unpaired) electrons. The summed E-state index contributed by atoms with van der Waals surface area (Å²) in [6, 6.07) is 6.49. The number of hydrogen-bond donors (Lipinski definition) is 2. The molecule has 1 aliphatic rings. The highest BCUT2D eigenvalue weighted by Crippen LogP contribution is 2.33. The van der Waals surface area contributed by atoms with E-state index in [0.29, 0.717) is 17.1 Å². The number of nitrogens with one attached hydrogen (secondary N) is 1. The van der Waals surface area contributed by atoms with Gasteiger partial charge in [-0.3, -0.25) is 5.84 Å². The second kappa shape index (κ2) is 4.53. The molecule has 1 heterocycles. The zero-order valence-corrected chi connectivity index (χ0v) is 11.5. The molecule has 1 aromatic rings. The van der Waals surface area contributed by atoms with E-state index >= 15 is 0 Å². The van der Waals surface area contributed by atoms with Gasteiger partial charge >= 0.3 is 0 Å². The molecule has 1 saturated heterocycles. The molecular formula is C12H19N3O2S. The first-order valence-electron chi connectivity index (χ1n) is 5.97. The van der Waals surface area contributed by atoms with Gasteiger partial charge in [0, 0.05) is 17.8 Å². The van der Waals surface area contributed by atoms with Crippen LogP contribution in [0.4, 0.5) is 5.69 Å². The zero-order valence-electron chi connectivity index (χ0n) is 10.7. The monoisotopic (exact) mass is 269 g/mol. The van der Waals surface area contributed by atoms with Crippen molar-refractivity contribution >= 4 is 15.7 Å². The van der Waals surface area contributed by atoms with Gasteiger partial charge in [-0.05, 0) is 51.0 Å². The average molecular weight is 269 g/mol. The molecule has 3 N–H and O–H groups in total. The highest BCUT2D eigenvalue weighted by molar-refractivity contribution is 7.89. The first kappa shape index (κ1) is 13.3. The van der Waals surface area contributed by atoms with Gasteiger partial charge in [-0.15, -0.1) is 0 Å². The van der Waals surface area contributed by atoms with E-state index in [9.17, 15) is 8.42 Å². The average Bonchev–Trinajstić information content (AvgIpc) is 2.69. The van der Waals surface area contributed by atoms with Crippen LogP contribution in [0.2, 0.25) is 0 Å². The fraction of sp³-hybridized carbons (Fsp3) is 0.500. The number of benzene rings is 1. The summed E-state index contributed by atoms with van der Waals surface area (Å²) in [7, 11) is -3.41. The first-order chi connectivity index (χ1) is 8.38. The Balaban J connectivity index is 2.36. The van der Waals surface area contributed by atoms with Crippen molar-refractivity contribution in [2.24, 2.45) is 5.84 Å². The van der Waals surface area contributed by atoms with Crippen LogP contribution in [0.5, 0.6) is 0 Å². The largest absolute Gasteiger partial charge is 0.324 e. The molecule has 0 aliphatic carbocycles. The van der Waals surface area contributed by atoms with Gasteiger partial charge in [-0.1, -0.05) is 0 Å². The summed E-state index contributed by atoms with van der Waals surface area (Å²) < 4.78 is 26.6. The first-order valence-corrected chi connectivity index (χ1v) is 7.41. The Morgan fingerprint density at radius 3 is 2.33 bits per heavy atom. The SMILES string of the molecule is CC1(C)CCCN1S(=O)(=O)c1ccc(NN)cc1. The Kier molecular flexibility index (Phi) is 3.35. The van der Waals surface area contributed by atoms with Gasteiger partial charge in [0.05, 0.1) is 4.90 Å². The molecule has 0 aromatic heterocycles. The Hall–Kier alpha value is -1.11. The summed E-state index contributed by atoms with van der Waals surface area (Å²) in [6.07, 6.45) is 1.81. The van der Waals surface area contributed by atoms with Gasteiger partial charge in [-0.2, -0.15) is 4.31 Å². The van der Waals surface area contributed by atoms with Crippen molar-refractivity contribution in [3.8, 4) is 0 Å². The number of hydrogen-bond acceptors (Lipinski definition) is 4. The fourth-order valence-electron chi connectivity index (χ4n) is 2.38. The molecule has 0 atom stereocenters. The van der Waals surface area contributed by atoms with Crippen molar-refractivity contribution in [3.05, 3.63) is 24.3 Å². The van der Waals surface area contributed by atoms with E-state index in [1.807, 2.05) is 13.8 Å². The lowest BCUT2D eigenvalue weighted by molar-refractivity contribution is 0.292. The maximum absolute atomic E-state index is 12.5. The van der Waals surface area contributed by atoms with E-state index < -0.39 is 10.0 Å². The third kappa shape index (κ3) is 2.23. The molecule has 1 aliphatic heterocycles. The van der Waals surface area contributed by atoms with Gasteiger partial charge in [-0.25, -0.2) is 8.42 Å². The molecule has 0 amide bonds. The normalized spacial score (nSPS) is 19.9. The van der Waals surface area contributed by atoms with Crippen molar-refractivity contribution in [3.63, 3.8) is 0 Å². The Bertz CT molecular complexity index is 523. The second-order valence-corrected chi connectivity index (χ2v) is 7.02. The van der Waals surface area contributed by atoms with E-state index in [2.05, 4.69) is 5.43 Å². The molecule has 1 aromatic carbocycles. The highest BCUT2D eigenvalue weighted by Gasteiger charge is 2.40. The molecule has 100 valence electrons. The standard InChI is InChI=1S/C12H19N3O2S/c1-12(2)8-3-9-15(12)18(16,17)11-6-4-10(14-13)5-7-11/h4-7,14H,3,8-9,13H2,1-2H3. The molecular weight excluding hydrogens is 250 g/mol. The van der Waals surface area contributed by atoms with Crippen LogP contribution < -0.4 is 11.3 Å². The molecule has 5 nitrogen and oxygen atoms in total. The summed E-state index contributed by atoms with van der Waals surface area (Å²) in [5.74, 6) is 5.26. The number of nitrogen functional groups attached to an aromatic ring is 1. The van der Waals surface area contributed by atoms with Gasteiger partial charge in [0.1, 0.15) is 0 Å². The minimum atomic E-state index is -3.41. The quantitative estimate of drug-likeness (QED) is 0.644. The molecule has 6 heteroatoms. The van der Waals surface area contributed by atoms with E-state index in [-0.39, 0.29) is 5.54 Å². The zero-order chi connectivity index (χ0) is 13.4. The van der Waals surface area contributed by atoms with Crippen molar-refractivity contribution in [1.82, 2.24) is 4.31 Å². The third-order valence-corrected chi connectivity index (χ3v) is 5.56. The minimum absolute atomic E-state index is 0.302. The predicted octanol–water partition coefficient (Wildman–Crippen LogP) is 1.54. The predicted molar refractivity (Wildman–Crippen MR) is 71.5 cm³/mol. The van der Waals surface area contributed by atoms with Crippen molar-refractivity contribution < 1.29 is 8.42 Å². The van der Waals surface area contributed by atoms with E-state index in [1.165, 1.54) is 0 Å². The lowest BCUT2D eigenvalue weighted by Crippen LogP contribution is -2.42. The number of nitrogens with zero attached hydrogens (tertiary/aromatic N) is 1. The van der Waals surface area contributed by atoms with E-state index in [4.69, 9.17) is 5.84 Å². The Labute approximate surface area is 108 Å². The van der Waals surface area contributed by atoms with Crippen LogP contribution in [0.3, 0.4) is 0 Å². The minimum Gasteiger partial charge on any atom is -0.324 e. The Morgan fingerprint density at radius 2 is 1.89 bits per heavy atom. The van der Waals surface area contributed by atoms with Crippen molar-refractivity contribution in [2.45, 2.75) is 37.1 Å². The van der Waals surface area contributed by atoms with Crippen molar-refractivity contribution in [1.29, 1.82) is 0 Å². The molecule has 0 bridgehead atoms. The number of nitrogens with two attached hydrogens (primary N) is 1. The molecule has 18 heavy (non-hydrogen) atoms. The fourth-order valence-corrected chi connectivity index (χ4v) is 4.22. The molecule has 1 fully saturated rings. The smallest absolute Gasteiger partial charge is 0.243 e. The summed E-state index contributed by atoms with van der Waals surface area (Å²) in [4.78, 5) is 0.316. The Morgan fingerprint density at radius 1 is 1.28 bits per heavy atom. The third-order valence-electron chi connectivity index (χ3n) is 3.43. The topological polar surface area (TPSA) is 75.4 Å². The number of hydrazine groups is 1. The highest BCUT2D eigenvalue weighted by atomic mass is 32.2. The van der Waals surface area contributed by atoms with Crippen LogP contribution in [0, 0.1) is 0 Å². The van der Waals surface area contributed by atoms with E-state index in [0.717, 1.165) is 12.8 Å². The number of rotatable bonds is 3.